The minimum Gasteiger partial charge on any atom is -0.477 e. The van der Waals surface area contributed by atoms with Gasteiger partial charge in [0.05, 0.1) is 11.2 Å². The van der Waals surface area contributed by atoms with Crippen molar-refractivity contribution < 1.29 is 14.3 Å². The minimum absolute atomic E-state index is 0.0678. The number of carbonyl (C=O) groups is 1. The summed E-state index contributed by atoms with van der Waals surface area (Å²) in [6, 6.07) is 2.57. The zero-order valence-electron chi connectivity index (χ0n) is 10.5. The molecule has 19 heavy (non-hydrogen) atoms. The maximum Gasteiger partial charge on any atom is 0.341 e. The molecule has 0 bridgehead atoms. The molecule has 5 nitrogen and oxygen atoms in total. The number of halogens is 1. The van der Waals surface area contributed by atoms with E-state index in [0.717, 1.165) is 6.07 Å². The number of hydrogen-bond donors (Lipinski definition) is 2. The molecule has 0 fully saturated rings. The first kappa shape index (κ1) is 13.1. The number of carboxylic acids is 1. The van der Waals surface area contributed by atoms with E-state index in [4.69, 9.17) is 5.11 Å². The van der Waals surface area contributed by atoms with Crippen LogP contribution < -0.4 is 10.7 Å². The second-order valence-electron chi connectivity index (χ2n) is 4.06. The average Bonchev–Trinajstić information content (AvgIpc) is 2.38. The van der Waals surface area contributed by atoms with E-state index in [-0.39, 0.29) is 16.6 Å². The lowest BCUT2D eigenvalue weighted by molar-refractivity contribution is 0.0695. The molecule has 2 rings (SSSR count). The van der Waals surface area contributed by atoms with Crippen LogP contribution in [0.3, 0.4) is 0 Å². The number of aryl methyl sites for hydroxylation is 1. The zero-order chi connectivity index (χ0) is 14.2. The van der Waals surface area contributed by atoms with Gasteiger partial charge in [0.1, 0.15) is 11.4 Å². The summed E-state index contributed by atoms with van der Waals surface area (Å²) in [4.78, 5) is 23.0. The standard InChI is InChI=1S/C13H13FN2O3/c1-3-16-6-8(13(18)19)12(17)7-4-9(14)10(15-2)5-11(7)16/h4-6,15H,3H2,1-2H3,(H,18,19). The molecule has 1 heterocycles. The summed E-state index contributed by atoms with van der Waals surface area (Å²) in [5.41, 5.74) is -0.264. The van der Waals surface area contributed by atoms with Crippen molar-refractivity contribution in [3.05, 3.63) is 39.9 Å². The van der Waals surface area contributed by atoms with E-state index < -0.39 is 17.2 Å². The highest BCUT2D eigenvalue weighted by atomic mass is 19.1. The van der Waals surface area contributed by atoms with Crippen molar-refractivity contribution in [2.24, 2.45) is 0 Å². The van der Waals surface area contributed by atoms with Crippen molar-refractivity contribution in [2.75, 3.05) is 12.4 Å². The third-order valence-corrected chi connectivity index (χ3v) is 3.01. The first-order chi connectivity index (χ1) is 8.99. The number of aromatic nitrogens is 1. The molecule has 2 aromatic rings. The predicted molar refractivity (Wildman–Crippen MR) is 70.3 cm³/mol. The van der Waals surface area contributed by atoms with Crippen LogP contribution in [0, 0.1) is 5.82 Å². The van der Waals surface area contributed by atoms with Crippen LogP contribution in [0.5, 0.6) is 0 Å². The average molecular weight is 264 g/mol. The van der Waals surface area contributed by atoms with Gasteiger partial charge in [-0.3, -0.25) is 4.79 Å². The lowest BCUT2D eigenvalue weighted by Crippen LogP contribution is -2.19. The Bertz CT molecular complexity index is 722. The van der Waals surface area contributed by atoms with E-state index in [1.807, 2.05) is 6.92 Å². The summed E-state index contributed by atoms with van der Waals surface area (Å²) < 4.78 is 15.3. The molecule has 2 N–H and O–H groups in total. The van der Waals surface area contributed by atoms with E-state index in [1.54, 1.807) is 11.6 Å². The molecule has 0 spiro atoms. The normalized spacial score (nSPS) is 10.7. The molecular weight excluding hydrogens is 251 g/mol. The smallest absolute Gasteiger partial charge is 0.341 e. The zero-order valence-corrected chi connectivity index (χ0v) is 10.5. The van der Waals surface area contributed by atoms with Gasteiger partial charge in [-0.25, -0.2) is 9.18 Å². The molecule has 6 heteroatoms. The molecular formula is C13H13FN2O3. The highest BCUT2D eigenvalue weighted by molar-refractivity contribution is 5.93. The lowest BCUT2D eigenvalue weighted by Gasteiger charge is -2.12. The van der Waals surface area contributed by atoms with Gasteiger partial charge in [0.2, 0.25) is 5.43 Å². The third kappa shape index (κ3) is 2.05. The fraction of sp³-hybridized carbons (Fsp3) is 0.231. The van der Waals surface area contributed by atoms with E-state index in [0.29, 0.717) is 12.1 Å². The van der Waals surface area contributed by atoms with Crippen LogP contribution in [0.2, 0.25) is 0 Å². The van der Waals surface area contributed by atoms with Gasteiger partial charge in [0, 0.05) is 25.2 Å². The van der Waals surface area contributed by atoms with Crippen molar-refractivity contribution in [2.45, 2.75) is 13.5 Å². The molecule has 0 unspecified atom stereocenters. The summed E-state index contributed by atoms with van der Waals surface area (Å²) in [5.74, 6) is -1.90. The van der Waals surface area contributed by atoms with Crippen LogP contribution in [0.25, 0.3) is 10.9 Å². The molecule has 0 aliphatic rings. The number of rotatable bonds is 3. The fourth-order valence-corrected chi connectivity index (χ4v) is 2.02. The fourth-order valence-electron chi connectivity index (χ4n) is 2.02. The number of fused-ring (bicyclic) bond motifs is 1. The predicted octanol–water partition coefficient (Wildman–Crippen LogP) is 1.90. The summed E-state index contributed by atoms with van der Waals surface area (Å²) in [5, 5.41) is 11.8. The van der Waals surface area contributed by atoms with Gasteiger partial charge in [-0.2, -0.15) is 0 Å². The maximum absolute atomic E-state index is 13.7. The van der Waals surface area contributed by atoms with Gasteiger partial charge in [-0.05, 0) is 19.1 Å². The van der Waals surface area contributed by atoms with E-state index in [9.17, 15) is 14.0 Å². The van der Waals surface area contributed by atoms with E-state index in [2.05, 4.69) is 5.32 Å². The first-order valence-corrected chi connectivity index (χ1v) is 5.77. The number of nitrogens with one attached hydrogen (secondary N) is 1. The van der Waals surface area contributed by atoms with Crippen LogP contribution in [0.15, 0.2) is 23.1 Å². The van der Waals surface area contributed by atoms with Crippen LogP contribution >= 0.6 is 0 Å². The second-order valence-corrected chi connectivity index (χ2v) is 4.06. The van der Waals surface area contributed by atoms with Gasteiger partial charge in [-0.15, -0.1) is 0 Å². The van der Waals surface area contributed by atoms with Gasteiger partial charge < -0.3 is 15.0 Å². The molecule has 0 saturated heterocycles. The minimum atomic E-state index is -1.31. The number of pyridine rings is 1. The topological polar surface area (TPSA) is 71.3 Å². The molecule has 0 saturated carbocycles. The number of aromatic carboxylic acids is 1. The van der Waals surface area contributed by atoms with Crippen molar-refractivity contribution in [3.63, 3.8) is 0 Å². The molecule has 0 aliphatic heterocycles. The number of hydrogen-bond acceptors (Lipinski definition) is 3. The van der Waals surface area contributed by atoms with Crippen LogP contribution in [0.1, 0.15) is 17.3 Å². The van der Waals surface area contributed by atoms with Gasteiger partial charge in [-0.1, -0.05) is 0 Å². The van der Waals surface area contributed by atoms with E-state index in [1.165, 1.54) is 12.3 Å². The monoisotopic (exact) mass is 264 g/mol. The first-order valence-electron chi connectivity index (χ1n) is 5.77. The number of anilines is 1. The van der Waals surface area contributed by atoms with Crippen molar-refractivity contribution in [1.29, 1.82) is 0 Å². The molecule has 0 amide bonds. The summed E-state index contributed by atoms with van der Waals surface area (Å²) in [7, 11) is 1.57. The summed E-state index contributed by atoms with van der Waals surface area (Å²) >= 11 is 0. The number of nitrogens with zero attached hydrogens (tertiary/aromatic N) is 1. The Balaban J connectivity index is 2.95. The summed E-state index contributed by atoms with van der Waals surface area (Å²) in [6.07, 6.45) is 1.28. The third-order valence-electron chi connectivity index (χ3n) is 3.01. The van der Waals surface area contributed by atoms with Crippen LogP contribution in [-0.2, 0) is 6.54 Å². The van der Waals surface area contributed by atoms with E-state index >= 15 is 0 Å². The second kappa shape index (κ2) is 4.72. The molecule has 0 radical (unpaired) electrons. The molecule has 0 atom stereocenters. The SMILES string of the molecule is CCn1cc(C(=O)O)c(=O)c2cc(F)c(NC)cc21. The van der Waals surface area contributed by atoms with Gasteiger partial charge in [0.15, 0.2) is 0 Å². The van der Waals surface area contributed by atoms with Crippen LogP contribution in [-0.4, -0.2) is 22.7 Å². The molecule has 1 aromatic heterocycles. The molecule has 0 aliphatic carbocycles. The summed E-state index contributed by atoms with van der Waals surface area (Å²) in [6.45, 7) is 2.30. The Morgan fingerprint density at radius 2 is 2.16 bits per heavy atom. The highest BCUT2D eigenvalue weighted by Gasteiger charge is 2.16. The lowest BCUT2D eigenvalue weighted by atomic mass is 10.1. The largest absolute Gasteiger partial charge is 0.477 e. The number of benzene rings is 1. The Morgan fingerprint density at radius 1 is 1.47 bits per heavy atom. The quantitative estimate of drug-likeness (QED) is 0.888. The Labute approximate surface area is 108 Å². The maximum atomic E-state index is 13.7. The van der Waals surface area contributed by atoms with Gasteiger partial charge in [0.25, 0.3) is 0 Å². The van der Waals surface area contributed by atoms with Crippen LogP contribution in [0.4, 0.5) is 10.1 Å². The molecule has 100 valence electrons. The Hall–Kier alpha value is -2.37. The van der Waals surface area contributed by atoms with Gasteiger partial charge >= 0.3 is 5.97 Å². The van der Waals surface area contributed by atoms with Crippen molar-refractivity contribution in [3.8, 4) is 0 Å². The Kier molecular flexibility index (Phi) is 3.25. The Morgan fingerprint density at radius 3 is 2.68 bits per heavy atom. The highest BCUT2D eigenvalue weighted by Crippen LogP contribution is 2.21. The number of carboxylic acid groups (broad SMARTS) is 1. The molecule has 1 aromatic carbocycles. The van der Waals surface area contributed by atoms with Crippen molar-refractivity contribution >= 4 is 22.6 Å². The van der Waals surface area contributed by atoms with Crippen molar-refractivity contribution in [1.82, 2.24) is 4.57 Å².